The van der Waals surface area contributed by atoms with Crippen molar-refractivity contribution in [1.82, 2.24) is 4.98 Å². The number of nitrogens with one attached hydrogen (secondary N) is 1. The third-order valence-corrected chi connectivity index (χ3v) is 4.59. The number of aromatic amines is 1. The Morgan fingerprint density at radius 1 is 1.46 bits per heavy atom. The molecule has 1 unspecified atom stereocenters. The quantitative estimate of drug-likeness (QED) is 0.625. The maximum atomic E-state index is 12.9. The van der Waals surface area contributed by atoms with Gasteiger partial charge in [-0.05, 0) is 30.9 Å². The summed E-state index contributed by atoms with van der Waals surface area (Å²) in [7, 11) is 0. The fourth-order valence-electron chi connectivity index (χ4n) is 3.28. The molecule has 2 heterocycles. The van der Waals surface area contributed by atoms with Crippen molar-refractivity contribution in [2.75, 3.05) is 6.61 Å². The average molecular weight is 377 g/mol. The van der Waals surface area contributed by atoms with Gasteiger partial charge in [0.05, 0.1) is 17.0 Å². The van der Waals surface area contributed by atoms with Crippen LogP contribution in [0.15, 0.2) is 64.5 Å². The second kappa shape index (κ2) is 7.45. The number of benzene rings is 1. The van der Waals surface area contributed by atoms with E-state index in [1.807, 2.05) is 31.2 Å². The van der Waals surface area contributed by atoms with E-state index < -0.39 is 17.4 Å². The molecule has 0 saturated heterocycles. The molecule has 142 valence electrons. The average Bonchev–Trinajstić information content (AvgIpc) is 2.66. The molecule has 0 saturated carbocycles. The van der Waals surface area contributed by atoms with E-state index in [4.69, 9.17) is 15.2 Å². The maximum absolute atomic E-state index is 12.9. The van der Waals surface area contributed by atoms with Gasteiger partial charge in [0.2, 0.25) is 5.88 Å². The van der Waals surface area contributed by atoms with E-state index in [0.717, 1.165) is 10.9 Å². The van der Waals surface area contributed by atoms with Gasteiger partial charge in [0.1, 0.15) is 24.0 Å². The molecule has 1 atom stereocenters. The fraction of sp³-hybridized carbons (Fsp3) is 0.190. The van der Waals surface area contributed by atoms with Crippen LogP contribution in [0, 0.1) is 18.3 Å². The Labute approximate surface area is 161 Å². The molecule has 0 radical (unpaired) electrons. The number of para-hydroxylation sites is 1. The highest BCUT2D eigenvalue weighted by Crippen LogP contribution is 2.38. The molecule has 1 aliphatic heterocycles. The molecule has 0 fully saturated rings. The van der Waals surface area contributed by atoms with Crippen molar-refractivity contribution in [3.8, 4) is 6.07 Å². The zero-order valence-corrected chi connectivity index (χ0v) is 15.5. The Balaban J connectivity index is 2.26. The Hall–Kier alpha value is -3.79. The molecular weight excluding hydrogens is 358 g/mol. The maximum Gasteiger partial charge on any atom is 0.338 e. The molecule has 28 heavy (non-hydrogen) atoms. The van der Waals surface area contributed by atoms with Crippen LogP contribution >= 0.6 is 0 Å². The first-order chi connectivity index (χ1) is 13.4. The van der Waals surface area contributed by atoms with Gasteiger partial charge in [-0.1, -0.05) is 30.9 Å². The molecule has 0 aliphatic carbocycles. The standard InChI is InChI=1S/C21H19N3O4/c1-4-8-27-21(26)16-12(3)28-19(23)15(10-22)17(16)14-9-13-7-5-6-11(2)18(13)24-20(14)25/h4-7,9,17H,1,8,23H2,2-3H3,(H,24,25). The van der Waals surface area contributed by atoms with Crippen LogP contribution in [0.25, 0.3) is 10.9 Å². The van der Waals surface area contributed by atoms with Crippen LogP contribution < -0.4 is 11.3 Å². The van der Waals surface area contributed by atoms with E-state index in [1.165, 1.54) is 13.0 Å². The number of aromatic nitrogens is 1. The lowest BCUT2D eigenvalue weighted by molar-refractivity contribution is -0.138. The van der Waals surface area contributed by atoms with Crippen molar-refractivity contribution in [2.45, 2.75) is 19.8 Å². The Morgan fingerprint density at radius 3 is 2.89 bits per heavy atom. The van der Waals surface area contributed by atoms with E-state index in [0.29, 0.717) is 5.52 Å². The van der Waals surface area contributed by atoms with Crippen molar-refractivity contribution >= 4 is 16.9 Å². The number of allylic oxidation sites excluding steroid dienone is 2. The minimum Gasteiger partial charge on any atom is -0.458 e. The number of nitrogens with two attached hydrogens (primary N) is 1. The van der Waals surface area contributed by atoms with Crippen molar-refractivity contribution in [1.29, 1.82) is 5.26 Å². The summed E-state index contributed by atoms with van der Waals surface area (Å²) >= 11 is 0. The number of nitriles is 1. The fourth-order valence-corrected chi connectivity index (χ4v) is 3.28. The van der Waals surface area contributed by atoms with Gasteiger partial charge in [-0.25, -0.2) is 4.79 Å². The molecule has 0 amide bonds. The number of carbonyl (C=O) groups excluding carboxylic acids is 1. The highest BCUT2D eigenvalue weighted by atomic mass is 16.5. The van der Waals surface area contributed by atoms with Crippen LogP contribution in [0.3, 0.4) is 0 Å². The molecule has 7 heteroatoms. The summed E-state index contributed by atoms with van der Waals surface area (Å²) in [4.78, 5) is 28.4. The predicted molar refractivity (Wildman–Crippen MR) is 104 cm³/mol. The number of hydrogen-bond acceptors (Lipinski definition) is 6. The van der Waals surface area contributed by atoms with E-state index in [-0.39, 0.29) is 35.0 Å². The number of aryl methyl sites for hydroxylation is 1. The topological polar surface area (TPSA) is 118 Å². The van der Waals surface area contributed by atoms with E-state index in [1.54, 1.807) is 6.07 Å². The van der Waals surface area contributed by atoms with Crippen LogP contribution in [0.4, 0.5) is 0 Å². The largest absolute Gasteiger partial charge is 0.458 e. The molecule has 1 aromatic carbocycles. The third-order valence-electron chi connectivity index (χ3n) is 4.59. The lowest BCUT2D eigenvalue weighted by Gasteiger charge is -2.26. The monoisotopic (exact) mass is 377 g/mol. The van der Waals surface area contributed by atoms with Gasteiger partial charge in [0.25, 0.3) is 5.56 Å². The van der Waals surface area contributed by atoms with Gasteiger partial charge in [-0.2, -0.15) is 5.26 Å². The summed E-state index contributed by atoms with van der Waals surface area (Å²) in [6.07, 6.45) is 1.42. The van der Waals surface area contributed by atoms with Crippen molar-refractivity contribution in [3.05, 3.63) is 81.2 Å². The number of H-pyrrole nitrogens is 1. The van der Waals surface area contributed by atoms with Crippen LogP contribution in [0.2, 0.25) is 0 Å². The SMILES string of the molecule is C=CCOC(=O)C1=C(C)OC(N)=C(C#N)C1c1cc2cccc(C)c2[nH]c1=O. The summed E-state index contributed by atoms with van der Waals surface area (Å²) in [5.74, 6) is -1.66. The van der Waals surface area contributed by atoms with E-state index >= 15 is 0 Å². The van der Waals surface area contributed by atoms with Crippen LogP contribution in [-0.4, -0.2) is 17.6 Å². The highest BCUT2D eigenvalue weighted by molar-refractivity contribution is 5.93. The number of carbonyl (C=O) groups is 1. The van der Waals surface area contributed by atoms with Crippen LogP contribution in [0.1, 0.15) is 24.0 Å². The molecule has 0 spiro atoms. The lowest BCUT2D eigenvalue weighted by atomic mass is 9.83. The highest BCUT2D eigenvalue weighted by Gasteiger charge is 2.37. The first-order valence-corrected chi connectivity index (χ1v) is 8.58. The van der Waals surface area contributed by atoms with Crippen LogP contribution in [-0.2, 0) is 14.3 Å². The Kier molecular flexibility index (Phi) is 5.05. The van der Waals surface area contributed by atoms with Gasteiger partial charge < -0.3 is 20.2 Å². The van der Waals surface area contributed by atoms with E-state index in [9.17, 15) is 14.9 Å². The van der Waals surface area contributed by atoms with Crippen molar-refractivity contribution in [3.63, 3.8) is 0 Å². The zero-order chi connectivity index (χ0) is 20.4. The van der Waals surface area contributed by atoms with E-state index in [2.05, 4.69) is 11.6 Å². The number of pyridine rings is 1. The molecule has 3 rings (SSSR count). The number of esters is 1. The molecule has 0 bridgehead atoms. The summed E-state index contributed by atoms with van der Waals surface area (Å²) in [6.45, 7) is 6.92. The Morgan fingerprint density at radius 2 is 2.21 bits per heavy atom. The number of hydrogen-bond donors (Lipinski definition) is 2. The normalized spacial score (nSPS) is 16.5. The first kappa shape index (κ1) is 19.0. The van der Waals surface area contributed by atoms with Gasteiger partial charge in [-0.15, -0.1) is 0 Å². The molecule has 1 aromatic heterocycles. The molecular formula is C21H19N3O4. The summed E-state index contributed by atoms with van der Waals surface area (Å²) in [5, 5.41) is 10.4. The third kappa shape index (κ3) is 3.16. The lowest BCUT2D eigenvalue weighted by Crippen LogP contribution is -2.29. The second-order valence-corrected chi connectivity index (χ2v) is 6.37. The van der Waals surface area contributed by atoms with Gasteiger partial charge in [-0.3, -0.25) is 4.79 Å². The number of rotatable bonds is 4. The van der Waals surface area contributed by atoms with Gasteiger partial charge in [0, 0.05) is 5.56 Å². The molecule has 3 N–H and O–H groups in total. The van der Waals surface area contributed by atoms with Crippen LogP contribution in [0.5, 0.6) is 0 Å². The number of ether oxygens (including phenoxy) is 2. The first-order valence-electron chi connectivity index (χ1n) is 8.58. The second-order valence-electron chi connectivity index (χ2n) is 6.37. The summed E-state index contributed by atoms with van der Waals surface area (Å²) in [6, 6.07) is 9.21. The predicted octanol–water partition coefficient (Wildman–Crippen LogP) is 2.65. The Bertz CT molecular complexity index is 1150. The summed E-state index contributed by atoms with van der Waals surface area (Å²) < 4.78 is 10.5. The smallest absolute Gasteiger partial charge is 0.338 e. The molecule has 1 aliphatic rings. The minimum absolute atomic E-state index is 0.0172. The number of nitrogens with zero attached hydrogens (tertiary/aromatic N) is 1. The van der Waals surface area contributed by atoms with Gasteiger partial charge >= 0.3 is 5.97 Å². The van der Waals surface area contributed by atoms with Gasteiger partial charge in [0.15, 0.2) is 0 Å². The van der Waals surface area contributed by atoms with Crippen molar-refractivity contribution < 1.29 is 14.3 Å². The molecule has 2 aromatic rings. The summed E-state index contributed by atoms with van der Waals surface area (Å²) in [5.41, 5.74) is 7.30. The minimum atomic E-state index is -0.996. The zero-order valence-electron chi connectivity index (χ0n) is 15.5. The number of fused-ring (bicyclic) bond motifs is 1. The molecule has 7 nitrogen and oxygen atoms in total. The van der Waals surface area contributed by atoms with Crippen molar-refractivity contribution in [2.24, 2.45) is 5.73 Å².